The lowest BCUT2D eigenvalue weighted by atomic mass is 10.0. The lowest BCUT2D eigenvalue weighted by Crippen LogP contribution is -2.40. The van der Waals surface area contributed by atoms with Crippen LogP contribution < -0.4 is 5.32 Å². The number of nitrogens with zero attached hydrogens (tertiary/aromatic N) is 4. The highest BCUT2D eigenvalue weighted by Gasteiger charge is 2.21. The van der Waals surface area contributed by atoms with Crippen molar-refractivity contribution in [1.29, 1.82) is 0 Å². The van der Waals surface area contributed by atoms with Crippen LogP contribution in [-0.2, 0) is 18.2 Å². The Bertz CT molecular complexity index is 1080. The Labute approximate surface area is 195 Å². The fraction of sp³-hybridized carbons (Fsp3) is 0.462. The molecule has 3 heterocycles. The summed E-state index contributed by atoms with van der Waals surface area (Å²) in [4.78, 5) is 21.8. The molecule has 174 valence electrons. The number of aryl methyl sites for hydroxylation is 1. The van der Waals surface area contributed by atoms with Crippen molar-refractivity contribution in [1.82, 2.24) is 19.4 Å². The van der Waals surface area contributed by atoms with Crippen molar-refractivity contribution in [2.75, 3.05) is 51.3 Å². The summed E-state index contributed by atoms with van der Waals surface area (Å²) in [7, 11) is 2.08. The molecule has 1 N–H and O–H groups in total. The van der Waals surface area contributed by atoms with Crippen LogP contribution in [0.25, 0.3) is 11.0 Å². The van der Waals surface area contributed by atoms with Gasteiger partial charge in [0.05, 0.1) is 24.2 Å². The quantitative estimate of drug-likeness (QED) is 0.629. The molecule has 0 aliphatic carbocycles. The molecule has 2 aromatic carbocycles. The lowest BCUT2D eigenvalue weighted by molar-refractivity contribution is 0.0303. The first-order valence-electron chi connectivity index (χ1n) is 12.0. The number of fused-ring (bicyclic) bond motifs is 1. The molecule has 0 atom stereocenters. The largest absolute Gasteiger partial charge is 0.378 e. The molecule has 1 aromatic heterocycles. The Morgan fingerprint density at radius 1 is 1.03 bits per heavy atom. The van der Waals surface area contributed by atoms with Crippen LogP contribution in [0.4, 0.5) is 5.95 Å². The van der Waals surface area contributed by atoms with E-state index in [1.807, 2.05) is 23.1 Å². The first-order valence-corrected chi connectivity index (χ1v) is 12.0. The highest BCUT2D eigenvalue weighted by molar-refractivity contribution is 5.94. The van der Waals surface area contributed by atoms with E-state index in [1.54, 1.807) is 0 Å². The van der Waals surface area contributed by atoms with Gasteiger partial charge in [-0.15, -0.1) is 0 Å². The fourth-order valence-corrected chi connectivity index (χ4v) is 4.81. The number of morpholine rings is 1. The zero-order chi connectivity index (χ0) is 22.6. The van der Waals surface area contributed by atoms with E-state index in [-0.39, 0.29) is 5.91 Å². The summed E-state index contributed by atoms with van der Waals surface area (Å²) in [6.07, 6.45) is 3.25. The predicted octanol–water partition coefficient (Wildman–Crippen LogP) is 3.16. The van der Waals surface area contributed by atoms with Crippen LogP contribution in [0.5, 0.6) is 0 Å². The van der Waals surface area contributed by atoms with Crippen LogP contribution >= 0.6 is 0 Å². The van der Waals surface area contributed by atoms with Gasteiger partial charge in [-0.1, -0.05) is 24.3 Å². The Balaban J connectivity index is 1.08. The minimum atomic E-state index is 0.111. The lowest BCUT2D eigenvalue weighted by Gasteiger charge is -2.32. The molecule has 0 bridgehead atoms. The van der Waals surface area contributed by atoms with E-state index in [0.717, 1.165) is 61.4 Å². The van der Waals surface area contributed by atoms with Gasteiger partial charge in [-0.3, -0.25) is 4.79 Å². The highest BCUT2D eigenvalue weighted by Crippen LogP contribution is 2.21. The molecule has 0 radical (unpaired) electrons. The van der Waals surface area contributed by atoms with Crippen LogP contribution in [0, 0.1) is 0 Å². The Morgan fingerprint density at radius 2 is 1.76 bits per heavy atom. The maximum atomic E-state index is 12.6. The van der Waals surface area contributed by atoms with Gasteiger partial charge in [-0.25, -0.2) is 4.98 Å². The number of likely N-dealkylation sites (tertiary alicyclic amines) is 1. The summed E-state index contributed by atoms with van der Waals surface area (Å²) in [5.74, 6) is 1.07. The number of carbonyl (C=O) groups excluding carboxylic acids is 1. The number of anilines is 1. The number of amides is 1. The van der Waals surface area contributed by atoms with Crippen LogP contribution in [0.1, 0.15) is 28.8 Å². The van der Waals surface area contributed by atoms with E-state index in [9.17, 15) is 4.79 Å². The summed E-state index contributed by atoms with van der Waals surface area (Å²) in [5.41, 5.74) is 4.26. The number of aromatic nitrogens is 2. The second-order valence-corrected chi connectivity index (χ2v) is 9.09. The summed E-state index contributed by atoms with van der Waals surface area (Å²) in [5, 5.41) is 3.66. The average Bonchev–Trinajstić information content (AvgIpc) is 3.19. The van der Waals surface area contributed by atoms with Crippen molar-refractivity contribution in [3.05, 3.63) is 59.7 Å². The van der Waals surface area contributed by atoms with Gasteiger partial charge < -0.3 is 24.4 Å². The fourth-order valence-electron chi connectivity index (χ4n) is 4.81. The van der Waals surface area contributed by atoms with E-state index in [2.05, 4.69) is 52.2 Å². The molecule has 33 heavy (non-hydrogen) atoms. The molecule has 3 aromatic rings. The van der Waals surface area contributed by atoms with E-state index < -0.39 is 0 Å². The van der Waals surface area contributed by atoms with Gasteiger partial charge in [0.25, 0.3) is 5.91 Å². The van der Waals surface area contributed by atoms with Gasteiger partial charge in [0.15, 0.2) is 0 Å². The monoisotopic (exact) mass is 447 g/mol. The number of piperidine rings is 1. The van der Waals surface area contributed by atoms with E-state index in [0.29, 0.717) is 32.3 Å². The number of benzene rings is 2. The highest BCUT2D eigenvalue weighted by atomic mass is 16.5. The normalized spacial score (nSPS) is 18.0. The van der Waals surface area contributed by atoms with Crippen molar-refractivity contribution in [2.45, 2.75) is 25.3 Å². The maximum Gasteiger partial charge on any atom is 0.254 e. The smallest absolute Gasteiger partial charge is 0.254 e. The molecule has 2 saturated heterocycles. The first-order chi connectivity index (χ1) is 16.2. The second kappa shape index (κ2) is 9.93. The molecule has 1 amide bonds. The molecule has 2 fully saturated rings. The molecule has 2 aliphatic heterocycles. The molecule has 2 aliphatic rings. The first kappa shape index (κ1) is 21.9. The Kier molecular flexibility index (Phi) is 6.60. The third-order valence-electron chi connectivity index (χ3n) is 6.92. The van der Waals surface area contributed by atoms with Gasteiger partial charge in [-0.2, -0.15) is 0 Å². The molecule has 0 unspecified atom stereocenters. The number of imidazole rings is 1. The summed E-state index contributed by atoms with van der Waals surface area (Å²) in [6.45, 7) is 5.87. The van der Waals surface area contributed by atoms with Crippen LogP contribution in [-0.4, -0.2) is 77.2 Å². The van der Waals surface area contributed by atoms with Crippen molar-refractivity contribution in [2.24, 2.45) is 7.05 Å². The predicted molar refractivity (Wildman–Crippen MR) is 131 cm³/mol. The molecule has 7 heteroatoms. The second-order valence-electron chi connectivity index (χ2n) is 9.09. The third kappa shape index (κ3) is 5.04. The minimum Gasteiger partial charge on any atom is -0.378 e. The van der Waals surface area contributed by atoms with Crippen molar-refractivity contribution < 1.29 is 9.53 Å². The van der Waals surface area contributed by atoms with Crippen LogP contribution in [0.2, 0.25) is 0 Å². The topological polar surface area (TPSA) is 62.6 Å². The minimum absolute atomic E-state index is 0.111. The van der Waals surface area contributed by atoms with Gasteiger partial charge in [0.2, 0.25) is 5.95 Å². The third-order valence-corrected chi connectivity index (χ3v) is 6.92. The molecule has 7 nitrogen and oxygen atoms in total. The SMILES string of the molecule is Cn1c(NC2CCN(CCc3ccc(C(=O)N4CCOCC4)cc3)CC2)nc2ccccc21. The van der Waals surface area contributed by atoms with E-state index >= 15 is 0 Å². The zero-order valence-corrected chi connectivity index (χ0v) is 19.4. The summed E-state index contributed by atoms with van der Waals surface area (Å²) in [6, 6.07) is 16.9. The maximum absolute atomic E-state index is 12.6. The number of hydrogen-bond acceptors (Lipinski definition) is 5. The van der Waals surface area contributed by atoms with Crippen molar-refractivity contribution in [3.8, 4) is 0 Å². The van der Waals surface area contributed by atoms with Gasteiger partial charge in [0, 0.05) is 51.4 Å². The number of para-hydroxylation sites is 2. The van der Waals surface area contributed by atoms with Crippen LogP contribution in [0.3, 0.4) is 0 Å². The van der Waals surface area contributed by atoms with Crippen molar-refractivity contribution in [3.63, 3.8) is 0 Å². The molecule has 0 saturated carbocycles. The van der Waals surface area contributed by atoms with Crippen molar-refractivity contribution >= 4 is 22.9 Å². The Morgan fingerprint density at radius 3 is 2.48 bits per heavy atom. The molecular formula is C26H33N5O2. The van der Waals surface area contributed by atoms with E-state index in [4.69, 9.17) is 9.72 Å². The van der Waals surface area contributed by atoms with E-state index in [1.165, 1.54) is 5.56 Å². The molecule has 5 rings (SSSR count). The average molecular weight is 448 g/mol. The number of carbonyl (C=O) groups is 1. The van der Waals surface area contributed by atoms with Crippen LogP contribution in [0.15, 0.2) is 48.5 Å². The standard InChI is InChI=1S/C26H33N5O2/c1-29-24-5-3-2-4-23(24)28-26(29)27-22-11-14-30(15-12-22)13-10-20-6-8-21(9-7-20)25(32)31-16-18-33-19-17-31/h2-9,22H,10-19H2,1H3,(H,27,28). The number of rotatable bonds is 6. The van der Waals surface area contributed by atoms with Gasteiger partial charge >= 0.3 is 0 Å². The number of hydrogen-bond donors (Lipinski definition) is 1. The summed E-state index contributed by atoms with van der Waals surface area (Å²) < 4.78 is 7.49. The Hall–Kier alpha value is -2.90. The number of ether oxygens (including phenoxy) is 1. The molecular weight excluding hydrogens is 414 g/mol. The molecule has 0 spiro atoms. The van der Waals surface area contributed by atoms with Gasteiger partial charge in [0.1, 0.15) is 0 Å². The zero-order valence-electron chi connectivity index (χ0n) is 19.4. The number of nitrogens with one attached hydrogen (secondary N) is 1. The van der Waals surface area contributed by atoms with Gasteiger partial charge in [-0.05, 0) is 49.1 Å². The summed E-state index contributed by atoms with van der Waals surface area (Å²) >= 11 is 0.